The van der Waals surface area contributed by atoms with Crippen LogP contribution in [-0.4, -0.2) is 33.9 Å². The van der Waals surface area contributed by atoms with Crippen molar-refractivity contribution in [1.29, 1.82) is 0 Å². The topological polar surface area (TPSA) is 57.9 Å². The molecule has 3 aromatic rings. The van der Waals surface area contributed by atoms with Crippen molar-refractivity contribution in [3.8, 4) is 17.2 Å². The second kappa shape index (κ2) is 9.28. The molecule has 0 bridgehead atoms. The molecule has 0 saturated heterocycles. The summed E-state index contributed by atoms with van der Waals surface area (Å²) < 4.78 is 23.5. The van der Waals surface area contributed by atoms with Gasteiger partial charge >= 0.3 is 5.97 Å². The smallest absolute Gasteiger partial charge is 0.372 e. The van der Waals surface area contributed by atoms with Crippen LogP contribution in [0.15, 0.2) is 48.7 Å². The molecule has 6 heteroatoms. The minimum Gasteiger partial charge on any atom is -0.493 e. The molecule has 0 aliphatic carbocycles. The lowest BCUT2D eigenvalue weighted by Crippen LogP contribution is -2.42. The zero-order chi connectivity index (χ0) is 20.8. The molecule has 0 N–H and O–H groups in total. The molecule has 0 amide bonds. The molecule has 0 atom stereocenters. The summed E-state index contributed by atoms with van der Waals surface area (Å²) in [5.74, 6) is 1.48. The van der Waals surface area contributed by atoms with Gasteiger partial charge in [0.1, 0.15) is 0 Å². The Hall–Kier alpha value is -3.28. The molecule has 2 aromatic carbocycles. The first-order chi connectivity index (χ1) is 14.1. The third kappa shape index (κ3) is 4.42. The molecule has 29 heavy (non-hydrogen) atoms. The van der Waals surface area contributed by atoms with Crippen LogP contribution in [0.25, 0.3) is 10.8 Å². The fourth-order valence-electron chi connectivity index (χ4n) is 3.44. The first-order valence-electron chi connectivity index (χ1n) is 9.45. The third-order valence-electron chi connectivity index (χ3n) is 4.75. The number of hydrogen-bond donors (Lipinski definition) is 0. The average molecular weight is 396 g/mol. The first-order valence-corrected chi connectivity index (χ1v) is 9.45. The van der Waals surface area contributed by atoms with Crippen LogP contribution in [0.3, 0.4) is 0 Å². The highest BCUT2D eigenvalue weighted by Crippen LogP contribution is 2.38. The van der Waals surface area contributed by atoms with Crippen LogP contribution in [-0.2, 0) is 22.5 Å². The Morgan fingerprint density at radius 2 is 1.66 bits per heavy atom. The third-order valence-corrected chi connectivity index (χ3v) is 4.75. The monoisotopic (exact) mass is 396 g/mol. The second-order valence-electron chi connectivity index (χ2n) is 6.49. The summed E-state index contributed by atoms with van der Waals surface area (Å²) in [6.07, 6.45) is 2.50. The molecular weight excluding hydrogens is 370 g/mol. The molecule has 0 aliphatic heterocycles. The Morgan fingerprint density at radius 3 is 2.28 bits per heavy atom. The number of fused-ring (bicyclic) bond motifs is 1. The Bertz CT molecular complexity index is 990. The van der Waals surface area contributed by atoms with E-state index in [0.717, 1.165) is 22.0 Å². The van der Waals surface area contributed by atoms with Crippen LogP contribution >= 0.6 is 0 Å². The Morgan fingerprint density at radius 1 is 0.966 bits per heavy atom. The number of hydrogen-bond acceptors (Lipinski definition) is 5. The lowest BCUT2D eigenvalue weighted by molar-refractivity contribution is -0.691. The van der Waals surface area contributed by atoms with Gasteiger partial charge in [-0.1, -0.05) is 18.2 Å². The molecule has 6 nitrogen and oxygen atoms in total. The maximum atomic E-state index is 12.1. The average Bonchev–Trinajstić information content (AvgIpc) is 2.74. The molecular formula is C23H26NO5+. The number of esters is 1. The lowest BCUT2D eigenvalue weighted by atomic mass is 10.0. The van der Waals surface area contributed by atoms with E-state index in [1.54, 1.807) is 28.3 Å². The summed E-state index contributed by atoms with van der Waals surface area (Å²) in [5.41, 5.74) is 1.99. The fraction of sp³-hybridized carbons (Fsp3) is 0.304. The quantitative estimate of drug-likeness (QED) is 0.432. The van der Waals surface area contributed by atoms with Crippen LogP contribution in [0, 0.1) is 0 Å². The molecule has 0 unspecified atom stereocenters. The molecule has 0 radical (unpaired) electrons. The number of carbonyl (C=O) groups is 1. The van der Waals surface area contributed by atoms with Crippen LogP contribution in [0.4, 0.5) is 0 Å². The summed E-state index contributed by atoms with van der Waals surface area (Å²) in [6.45, 7) is 2.31. The van der Waals surface area contributed by atoms with Crippen molar-refractivity contribution in [2.75, 3.05) is 27.9 Å². The zero-order valence-electron chi connectivity index (χ0n) is 17.2. The van der Waals surface area contributed by atoms with Crippen LogP contribution in [0.1, 0.15) is 18.2 Å². The first kappa shape index (κ1) is 20.5. The Balaban J connectivity index is 2.10. The van der Waals surface area contributed by atoms with Gasteiger partial charge < -0.3 is 18.9 Å². The van der Waals surface area contributed by atoms with E-state index in [4.69, 9.17) is 18.9 Å². The molecule has 0 aliphatic rings. The fourth-order valence-corrected chi connectivity index (χ4v) is 3.44. The van der Waals surface area contributed by atoms with Gasteiger partial charge in [-0.15, -0.1) is 0 Å². The van der Waals surface area contributed by atoms with E-state index in [2.05, 4.69) is 12.1 Å². The van der Waals surface area contributed by atoms with Gasteiger partial charge in [0.15, 0.2) is 23.4 Å². The number of carbonyl (C=O) groups excluding carboxylic acids is 1. The van der Waals surface area contributed by atoms with Gasteiger partial charge in [-0.25, -0.2) is 4.79 Å². The summed E-state index contributed by atoms with van der Waals surface area (Å²) in [4.78, 5) is 12.1. The standard InChI is InChI=1S/C23H26NO5/c1-5-29-22(25)15-24-11-10-17-8-6-7-9-18(17)19(24)12-16-13-20(26-2)23(28-4)21(14-16)27-3/h6-11,13-14H,5,12,15H2,1-4H3/q+1. The van der Waals surface area contributed by atoms with Gasteiger partial charge in [-0.05, 0) is 36.1 Å². The zero-order valence-corrected chi connectivity index (χ0v) is 17.2. The molecule has 152 valence electrons. The van der Waals surface area contributed by atoms with Crippen molar-refractivity contribution in [2.24, 2.45) is 0 Å². The predicted octanol–water partition coefficient (Wildman–Crippen LogP) is 3.31. The van der Waals surface area contributed by atoms with Crippen molar-refractivity contribution >= 4 is 16.7 Å². The molecule has 0 fully saturated rings. The number of nitrogens with zero attached hydrogens (tertiary/aromatic N) is 1. The maximum Gasteiger partial charge on any atom is 0.372 e. The van der Waals surface area contributed by atoms with Gasteiger partial charge in [0.05, 0.1) is 34.4 Å². The highest BCUT2D eigenvalue weighted by molar-refractivity contribution is 5.83. The normalized spacial score (nSPS) is 10.6. The summed E-state index contributed by atoms with van der Waals surface area (Å²) in [6, 6.07) is 14.0. The lowest BCUT2D eigenvalue weighted by Gasteiger charge is -2.14. The number of aromatic nitrogens is 1. The largest absolute Gasteiger partial charge is 0.493 e. The van der Waals surface area contributed by atoms with E-state index in [1.807, 2.05) is 41.1 Å². The minimum atomic E-state index is -0.265. The van der Waals surface area contributed by atoms with E-state index in [0.29, 0.717) is 30.3 Å². The number of methoxy groups -OCH3 is 3. The maximum absolute atomic E-state index is 12.1. The van der Waals surface area contributed by atoms with Gasteiger partial charge in [0, 0.05) is 11.5 Å². The molecule has 1 aromatic heterocycles. The van der Waals surface area contributed by atoms with E-state index in [1.165, 1.54) is 0 Å². The number of benzene rings is 2. The predicted molar refractivity (Wildman–Crippen MR) is 110 cm³/mol. The van der Waals surface area contributed by atoms with Crippen molar-refractivity contribution in [1.82, 2.24) is 0 Å². The SMILES string of the molecule is CCOC(=O)C[n+]1ccc2ccccc2c1Cc1cc(OC)c(OC)c(OC)c1. The van der Waals surface area contributed by atoms with Crippen LogP contribution in [0.5, 0.6) is 17.2 Å². The van der Waals surface area contributed by atoms with Gasteiger partial charge in [0.2, 0.25) is 12.3 Å². The van der Waals surface area contributed by atoms with Crippen molar-refractivity contribution in [3.05, 3.63) is 59.9 Å². The second-order valence-corrected chi connectivity index (χ2v) is 6.49. The van der Waals surface area contributed by atoms with Gasteiger partial charge in [-0.3, -0.25) is 0 Å². The Labute approximate surface area is 170 Å². The molecule has 1 heterocycles. The summed E-state index contributed by atoms with van der Waals surface area (Å²) in [7, 11) is 4.78. The summed E-state index contributed by atoms with van der Waals surface area (Å²) >= 11 is 0. The van der Waals surface area contributed by atoms with E-state index >= 15 is 0 Å². The van der Waals surface area contributed by atoms with E-state index in [-0.39, 0.29) is 12.5 Å². The minimum absolute atomic E-state index is 0.151. The highest BCUT2D eigenvalue weighted by atomic mass is 16.5. The van der Waals surface area contributed by atoms with E-state index < -0.39 is 0 Å². The number of ether oxygens (including phenoxy) is 4. The number of pyridine rings is 1. The van der Waals surface area contributed by atoms with Crippen LogP contribution in [0.2, 0.25) is 0 Å². The van der Waals surface area contributed by atoms with Crippen molar-refractivity contribution in [3.63, 3.8) is 0 Å². The highest BCUT2D eigenvalue weighted by Gasteiger charge is 2.21. The van der Waals surface area contributed by atoms with Gasteiger partial charge in [-0.2, -0.15) is 4.57 Å². The van der Waals surface area contributed by atoms with Crippen molar-refractivity contribution < 1.29 is 28.3 Å². The number of rotatable bonds is 8. The molecule has 0 saturated carbocycles. The molecule has 0 spiro atoms. The van der Waals surface area contributed by atoms with E-state index in [9.17, 15) is 4.79 Å². The summed E-state index contributed by atoms with van der Waals surface area (Å²) in [5, 5.41) is 2.18. The Kier molecular flexibility index (Phi) is 6.54. The van der Waals surface area contributed by atoms with Gasteiger partial charge in [0.25, 0.3) is 0 Å². The van der Waals surface area contributed by atoms with Crippen molar-refractivity contribution in [2.45, 2.75) is 19.9 Å². The molecule has 3 rings (SSSR count). The van der Waals surface area contributed by atoms with Crippen LogP contribution < -0.4 is 18.8 Å².